The van der Waals surface area contributed by atoms with Crippen molar-refractivity contribution in [3.8, 4) is 11.5 Å². The van der Waals surface area contributed by atoms with Crippen molar-refractivity contribution in [3.63, 3.8) is 0 Å². The maximum atomic E-state index is 12.4. The van der Waals surface area contributed by atoms with Gasteiger partial charge >= 0.3 is 6.61 Å². The second kappa shape index (κ2) is 6.76. The number of hydrogen-bond acceptors (Lipinski definition) is 4. The van der Waals surface area contributed by atoms with Gasteiger partial charge in [0.05, 0.1) is 17.1 Å². The van der Waals surface area contributed by atoms with E-state index in [1.165, 1.54) is 24.5 Å². The zero-order valence-corrected chi connectivity index (χ0v) is 12.1. The van der Waals surface area contributed by atoms with E-state index in [2.05, 4.69) is 10.1 Å². The molecule has 1 aromatic heterocycles. The first kappa shape index (κ1) is 14.9. The number of rotatable bonds is 6. The first-order valence-electron chi connectivity index (χ1n) is 5.69. The lowest BCUT2D eigenvalue weighted by molar-refractivity contribution is -0.0493. The van der Waals surface area contributed by atoms with Crippen molar-refractivity contribution in [2.24, 2.45) is 0 Å². The average molecular weight is 320 g/mol. The Bertz CT molecular complexity index is 577. The normalized spacial score (nSPS) is 10.7. The van der Waals surface area contributed by atoms with Gasteiger partial charge in [0.15, 0.2) is 0 Å². The Labute approximate surface area is 124 Å². The molecule has 2 rings (SSSR count). The highest BCUT2D eigenvalue weighted by Crippen LogP contribution is 2.31. The molecule has 0 bridgehead atoms. The number of halogens is 3. The van der Waals surface area contributed by atoms with Gasteiger partial charge in [0.1, 0.15) is 11.5 Å². The molecular weight excluding hydrogens is 308 g/mol. The summed E-state index contributed by atoms with van der Waals surface area (Å²) in [5.74, 6) is 0.627. The minimum atomic E-state index is -2.87. The van der Waals surface area contributed by atoms with Crippen LogP contribution >= 0.6 is 22.9 Å². The van der Waals surface area contributed by atoms with Crippen molar-refractivity contribution in [1.29, 1.82) is 0 Å². The van der Waals surface area contributed by atoms with Crippen molar-refractivity contribution in [2.45, 2.75) is 13.2 Å². The first-order chi connectivity index (χ1) is 9.58. The summed E-state index contributed by atoms with van der Waals surface area (Å²) in [6.07, 6.45) is 0. The molecule has 1 N–H and O–H groups in total. The number of methoxy groups -OCH3 is 1. The monoisotopic (exact) mass is 319 g/mol. The lowest BCUT2D eigenvalue weighted by Gasteiger charge is -2.13. The summed E-state index contributed by atoms with van der Waals surface area (Å²) in [5, 5.41) is 3.04. The van der Waals surface area contributed by atoms with Gasteiger partial charge < -0.3 is 14.8 Å². The number of nitrogens with one attached hydrogen (secondary N) is 1. The van der Waals surface area contributed by atoms with Crippen molar-refractivity contribution in [2.75, 3.05) is 12.4 Å². The maximum Gasteiger partial charge on any atom is 0.387 e. The van der Waals surface area contributed by atoms with Gasteiger partial charge in [0.25, 0.3) is 0 Å². The fraction of sp³-hybridized carbons (Fsp3) is 0.231. The van der Waals surface area contributed by atoms with E-state index >= 15 is 0 Å². The smallest absolute Gasteiger partial charge is 0.387 e. The van der Waals surface area contributed by atoms with Gasteiger partial charge in [-0.25, -0.2) is 0 Å². The molecule has 0 amide bonds. The predicted octanol–water partition coefficient (Wildman–Crippen LogP) is 4.62. The van der Waals surface area contributed by atoms with E-state index < -0.39 is 6.61 Å². The molecule has 1 heterocycles. The molecule has 3 nitrogen and oxygen atoms in total. The fourth-order valence-corrected chi connectivity index (χ4v) is 2.63. The highest BCUT2D eigenvalue weighted by Gasteiger charge is 2.11. The van der Waals surface area contributed by atoms with Gasteiger partial charge in [-0.15, -0.1) is 11.3 Å². The van der Waals surface area contributed by atoms with Crippen LogP contribution in [0.3, 0.4) is 0 Å². The molecular formula is C13H12ClF2NO2S. The van der Waals surface area contributed by atoms with E-state index in [9.17, 15) is 8.78 Å². The molecule has 0 aliphatic rings. The largest absolute Gasteiger partial charge is 0.497 e. The summed E-state index contributed by atoms with van der Waals surface area (Å²) in [6, 6.07) is 8.26. The number of hydrogen-bond donors (Lipinski definition) is 1. The Kier molecular flexibility index (Phi) is 5.03. The molecule has 0 saturated carbocycles. The molecule has 108 valence electrons. The molecule has 0 aliphatic carbocycles. The Morgan fingerprint density at radius 2 is 2.10 bits per heavy atom. The van der Waals surface area contributed by atoms with Gasteiger partial charge in [-0.1, -0.05) is 11.6 Å². The molecule has 0 unspecified atom stereocenters. The average Bonchev–Trinajstić information content (AvgIpc) is 2.83. The Morgan fingerprint density at radius 1 is 1.30 bits per heavy atom. The van der Waals surface area contributed by atoms with Crippen LogP contribution in [-0.2, 0) is 6.54 Å². The van der Waals surface area contributed by atoms with E-state index in [1.54, 1.807) is 18.2 Å². The highest BCUT2D eigenvalue weighted by molar-refractivity contribution is 7.16. The number of anilines is 1. The molecule has 0 fully saturated rings. The minimum absolute atomic E-state index is 0.0726. The zero-order chi connectivity index (χ0) is 14.5. The van der Waals surface area contributed by atoms with Crippen molar-refractivity contribution >= 4 is 28.6 Å². The van der Waals surface area contributed by atoms with Crippen molar-refractivity contribution in [1.82, 2.24) is 0 Å². The zero-order valence-electron chi connectivity index (χ0n) is 10.5. The van der Waals surface area contributed by atoms with Gasteiger partial charge in [-0.3, -0.25) is 0 Å². The number of thiophene rings is 1. The molecule has 20 heavy (non-hydrogen) atoms. The number of alkyl halides is 2. The van der Waals surface area contributed by atoms with E-state index in [0.29, 0.717) is 22.3 Å². The molecule has 0 radical (unpaired) electrons. The lowest BCUT2D eigenvalue weighted by Crippen LogP contribution is -2.06. The van der Waals surface area contributed by atoms with Crippen LogP contribution in [-0.4, -0.2) is 13.7 Å². The third kappa shape index (κ3) is 3.98. The van der Waals surface area contributed by atoms with Crippen molar-refractivity contribution < 1.29 is 18.3 Å². The summed E-state index contributed by atoms with van der Waals surface area (Å²) in [6.45, 7) is -2.41. The van der Waals surface area contributed by atoms with Crippen LogP contribution in [0, 0.1) is 0 Å². The summed E-state index contributed by atoms with van der Waals surface area (Å²) in [7, 11) is 1.51. The topological polar surface area (TPSA) is 30.5 Å². The Balaban J connectivity index is 2.14. The van der Waals surface area contributed by atoms with Crippen LogP contribution < -0.4 is 14.8 Å². The fourth-order valence-electron chi connectivity index (χ4n) is 1.60. The van der Waals surface area contributed by atoms with Crippen molar-refractivity contribution in [3.05, 3.63) is 39.5 Å². The summed E-state index contributed by atoms with van der Waals surface area (Å²) in [4.78, 5) is 0.987. The lowest BCUT2D eigenvalue weighted by atomic mass is 10.2. The van der Waals surface area contributed by atoms with Crippen LogP contribution in [0.4, 0.5) is 14.5 Å². The molecule has 0 spiro atoms. The summed E-state index contributed by atoms with van der Waals surface area (Å²) < 4.78 is 34.9. The van der Waals surface area contributed by atoms with Gasteiger partial charge in [-0.2, -0.15) is 8.78 Å². The highest BCUT2D eigenvalue weighted by atomic mass is 35.5. The molecule has 0 aliphatic heterocycles. The van der Waals surface area contributed by atoms with Crippen LogP contribution in [0.5, 0.6) is 11.5 Å². The van der Waals surface area contributed by atoms with E-state index in [-0.39, 0.29) is 5.75 Å². The number of benzene rings is 1. The second-order valence-electron chi connectivity index (χ2n) is 3.80. The second-order valence-corrected chi connectivity index (χ2v) is 5.60. The Hall–Kier alpha value is -1.53. The van der Waals surface area contributed by atoms with Gasteiger partial charge in [-0.05, 0) is 24.3 Å². The van der Waals surface area contributed by atoms with Crippen LogP contribution in [0.25, 0.3) is 0 Å². The maximum absolute atomic E-state index is 12.4. The standard InChI is InChI=1S/C13H12ClF2NO2S/c1-18-8-2-4-11(19-13(15)16)10(6-8)17-7-9-3-5-12(14)20-9/h2-6,13,17H,7H2,1H3. The van der Waals surface area contributed by atoms with Crippen LogP contribution in [0.15, 0.2) is 30.3 Å². The summed E-state index contributed by atoms with van der Waals surface area (Å²) in [5.41, 5.74) is 0.439. The van der Waals surface area contributed by atoms with Crippen LogP contribution in [0.2, 0.25) is 4.34 Å². The first-order valence-corrected chi connectivity index (χ1v) is 6.89. The number of ether oxygens (including phenoxy) is 2. The van der Waals surface area contributed by atoms with Crippen LogP contribution in [0.1, 0.15) is 4.88 Å². The quantitative estimate of drug-likeness (QED) is 0.842. The van der Waals surface area contributed by atoms with Gasteiger partial charge in [0.2, 0.25) is 0 Å². The molecule has 0 saturated heterocycles. The third-order valence-corrected chi connectivity index (χ3v) is 3.72. The Morgan fingerprint density at radius 3 is 2.70 bits per heavy atom. The molecule has 1 aromatic carbocycles. The summed E-state index contributed by atoms with van der Waals surface area (Å²) >= 11 is 7.26. The minimum Gasteiger partial charge on any atom is -0.497 e. The van der Waals surface area contributed by atoms with Gasteiger partial charge in [0, 0.05) is 17.5 Å². The predicted molar refractivity (Wildman–Crippen MR) is 76.3 cm³/mol. The third-order valence-electron chi connectivity index (χ3n) is 2.48. The SMILES string of the molecule is COc1ccc(OC(F)F)c(NCc2ccc(Cl)s2)c1. The van der Waals surface area contributed by atoms with E-state index in [0.717, 1.165) is 4.88 Å². The molecule has 2 aromatic rings. The van der Waals surface area contributed by atoms with E-state index in [4.69, 9.17) is 16.3 Å². The molecule has 7 heteroatoms. The molecule has 0 atom stereocenters. The van der Waals surface area contributed by atoms with E-state index in [1.807, 2.05) is 6.07 Å².